The van der Waals surface area contributed by atoms with Crippen LogP contribution < -0.4 is 10.1 Å². The Morgan fingerprint density at radius 1 is 1.11 bits per heavy atom. The van der Waals surface area contributed by atoms with Crippen LogP contribution in [0.5, 0.6) is 5.75 Å². The molecule has 2 aromatic rings. The summed E-state index contributed by atoms with van der Waals surface area (Å²) in [6.45, 7) is 8.18. The molecule has 1 unspecified atom stereocenters. The van der Waals surface area contributed by atoms with Crippen molar-refractivity contribution in [2.45, 2.75) is 40.3 Å². The van der Waals surface area contributed by atoms with Crippen LogP contribution >= 0.6 is 11.6 Å². The highest BCUT2D eigenvalue weighted by Gasteiger charge is 2.26. The summed E-state index contributed by atoms with van der Waals surface area (Å²) in [5, 5.41) is 3.39. The van der Waals surface area contributed by atoms with Crippen molar-refractivity contribution in [1.82, 2.24) is 10.2 Å². The van der Waals surface area contributed by atoms with E-state index in [0.29, 0.717) is 23.9 Å². The molecule has 0 aliphatic rings. The molecule has 0 radical (unpaired) electrons. The first kappa shape index (κ1) is 21.8. The molecule has 2 amide bonds. The van der Waals surface area contributed by atoms with Crippen molar-refractivity contribution in [3.8, 4) is 5.75 Å². The summed E-state index contributed by atoms with van der Waals surface area (Å²) in [6.07, 6.45) is 0. The number of amides is 2. The van der Waals surface area contributed by atoms with Gasteiger partial charge in [-0.15, -0.1) is 0 Å². The van der Waals surface area contributed by atoms with Crippen LogP contribution in [0, 0.1) is 13.8 Å². The van der Waals surface area contributed by atoms with E-state index in [0.717, 1.165) is 16.7 Å². The average molecular weight is 403 g/mol. The number of carbonyl (C=O) groups excluding carboxylic acids is 2. The van der Waals surface area contributed by atoms with Gasteiger partial charge < -0.3 is 15.0 Å². The van der Waals surface area contributed by atoms with Crippen molar-refractivity contribution in [3.63, 3.8) is 0 Å². The molecule has 150 valence electrons. The van der Waals surface area contributed by atoms with Gasteiger partial charge in [0.25, 0.3) is 5.91 Å². The number of nitrogens with one attached hydrogen (secondary N) is 1. The fraction of sp³-hybridized carbons (Fsp3) is 0.364. The zero-order chi connectivity index (χ0) is 20.7. The van der Waals surface area contributed by atoms with Crippen molar-refractivity contribution in [2.75, 3.05) is 13.2 Å². The Balaban J connectivity index is 2.14. The highest BCUT2D eigenvalue weighted by molar-refractivity contribution is 6.30. The van der Waals surface area contributed by atoms with Gasteiger partial charge >= 0.3 is 0 Å². The van der Waals surface area contributed by atoms with Crippen LogP contribution in [0.15, 0.2) is 42.5 Å². The minimum absolute atomic E-state index is 0.139. The van der Waals surface area contributed by atoms with Gasteiger partial charge in [-0.1, -0.05) is 29.8 Å². The summed E-state index contributed by atoms with van der Waals surface area (Å²) in [7, 11) is 0. The molecule has 2 aromatic carbocycles. The molecule has 6 heteroatoms. The fourth-order valence-corrected chi connectivity index (χ4v) is 3.06. The molecule has 0 spiro atoms. The number of aryl methyl sites for hydroxylation is 2. The summed E-state index contributed by atoms with van der Waals surface area (Å²) in [6, 6.07) is 12.4. The Morgan fingerprint density at radius 2 is 1.71 bits per heavy atom. The predicted octanol–water partition coefficient (Wildman–Crippen LogP) is 3.89. The standard InChI is InChI=1S/C22H27ClN2O3/c1-5-24-22(27)17(4)25(13-18-6-8-19(23)9-7-18)21(26)14-28-20-11-15(2)10-16(3)12-20/h6-12,17H,5,13-14H2,1-4H3,(H,24,27). The summed E-state index contributed by atoms with van der Waals surface area (Å²) in [5.41, 5.74) is 3.02. The highest BCUT2D eigenvalue weighted by atomic mass is 35.5. The predicted molar refractivity (Wildman–Crippen MR) is 112 cm³/mol. The minimum Gasteiger partial charge on any atom is -0.484 e. The van der Waals surface area contributed by atoms with E-state index in [1.165, 1.54) is 4.90 Å². The molecule has 28 heavy (non-hydrogen) atoms. The topological polar surface area (TPSA) is 58.6 Å². The molecule has 0 heterocycles. The largest absolute Gasteiger partial charge is 0.484 e. The Bertz CT molecular complexity index is 801. The number of hydrogen-bond acceptors (Lipinski definition) is 3. The van der Waals surface area contributed by atoms with Crippen LogP contribution in [0.2, 0.25) is 5.02 Å². The Kier molecular flexibility index (Phi) is 7.88. The summed E-state index contributed by atoms with van der Waals surface area (Å²) >= 11 is 5.94. The summed E-state index contributed by atoms with van der Waals surface area (Å²) in [5.74, 6) is 0.187. The van der Waals surface area contributed by atoms with E-state index < -0.39 is 6.04 Å². The van der Waals surface area contributed by atoms with Crippen molar-refractivity contribution in [2.24, 2.45) is 0 Å². The van der Waals surface area contributed by atoms with Crippen LogP contribution in [0.1, 0.15) is 30.5 Å². The fourth-order valence-electron chi connectivity index (χ4n) is 2.94. The molecule has 0 aliphatic heterocycles. The number of rotatable bonds is 8. The molecule has 0 saturated carbocycles. The average Bonchev–Trinajstić information content (AvgIpc) is 2.64. The van der Waals surface area contributed by atoms with E-state index in [1.54, 1.807) is 19.1 Å². The molecule has 1 N–H and O–H groups in total. The number of carbonyl (C=O) groups is 2. The smallest absolute Gasteiger partial charge is 0.261 e. The molecule has 5 nitrogen and oxygen atoms in total. The molecule has 2 rings (SSSR count). The highest BCUT2D eigenvalue weighted by Crippen LogP contribution is 2.17. The first-order chi connectivity index (χ1) is 13.3. The maximum Gasteiger partial charge on any atom is 0.261 e. The normalized spacial score (nSPS) is 11.6. The summed E-state index contributed by atoms with van der Waals surface area (Å²) in [4.78, 5) is 26.8. The quantitative estimate of drug-likeness (QED) is 0.728. The van der Waals surface area contributed by atoms with Crippen LogP contribution in [0.25, 0.3) is 0 Å². The third kappa shape index (κ3) is 6.27. The lowest BCUT2D eigenvalue weighted by atomic mass is 10.1. The van der Waals surface area contributed by atoms with Crippen LogP contribution in [0.3, 0.4) is 0 Å². The van der Waals surface area contributed by atoms with Gasteiger partial charge in [-0.3, -0.25) is 9.59 Å². The number of likely N-dealkylation sites (N-methyl/N-ethyl adjacent to an activating group) is 1. The third-order valence-corrected chi connectivity index (χ3v) is 4.59. The van der Waals surface area contributed by atoms with E-state index in [2.05, 4.69) is 5.32 Å². The second-order valence-electron chi connectivity index (χ2n) is 6.83. The molecule has 0 bridgehead atoms. The Hall–Kier alpha value is -2.53. The maximum atomic E-state index is 12.9. The molecular weight excluding hydrogens is 376 g/mol. The molecule has 0 saturated heterocycles. The molecule has 0 aromatic heterocycles. The molecular formula is C22H27ClN2O3. The Labute approximate surface area is 171 Å². The maximum absolute atomic E-state index is 12.9. The van der Waals surface area contributed by atoms with E-state index in [9.17, 15) is 9.59 Å². The number of hydrogen-bond donors (Lipinski definition) is 1. The lowest BCUT2D eigenvalue weighted by Crippen LogP contribution is -2.49. The van der Waals surface area contributed by atoms with E-state index in [4.69, 9.17) is 16.3 Å². The molecule has 0 aliphatic carbocycles. The van der Waals surface area contributed by atoms with Crippen LogP contribution in [-0.4, -0.2) is 35.9 Å². The second-order valence-corrected chi connectivity index (χ2v) is 7.27. The van der Waals surface area contributed by atoms with Gasteiger partial charge in [0.05, 0.1) is 0 Å². The van der Waals surface area contributed by atoms with Gasteiger partial charge in [-0.05, 0) is 68.7 Å². The number of halogens is 1. The number of nitrogens with zero attached hydrogens (tertiary/aromatic N) is 1. The second kappa shape index (κ2) is 10.1. The lowest BCUT2D eigenvalue weighted by molar-refractivity contribution is -0.142. The SMILES string of the molecule is CCNC(=O)C(C)N(Cc1ccc(Cl)cc1)C(=O)COc1cc(C)cc(C)c1. The third-order valence-electron chi connectivity index (χ3n) is 4.34. The lowest BCUT2D eigenvalue weighted by Gasteiger charge is -2.28. The zero-order valence-corrected chi connectivity index (χ0v) is 17.5. The van der Waals surface area contributed by atoms with Crippen molar-refractivity contribution in [3.05, 3.63) is 64.2 Å². The van der Waals surface area contributed by atoms with Crippen molar-refractivity contribution >= 4 is 23.4 Å². The molecule has 0 fully saturated rings. The van der Waals surface area contributed by atoms with E-state index in [-0.39, 0.29) is 18.4 Å². The van der Waals surface area contributed by atoms with Gasteiger partial charge in [0.15, 0.2) is 6.61 Å². The first-order valence-corrected chi connectivity index (χ1v) is 9.70. The van der Waals surface area contributed by atoms with Gasteiger partial charge in [-0.25, -0.2) is 0 Å². The van der Waals surface area contributed by atoms with Gasteiger partial charge in [0.1, 0.15) is 11.8 Å². The Morgan fingerprint density at radius 3 is 2.29 bits per heavy atom. The number of benzene rings is 2. The minimum atomic E-state index is -0.619. The van der Waals surface area contributed by atoms with Crippen molar-refractivity contribution in [1.29, 1.82) is 0 Å². The molecule has 1 atom stereocenters. The zero-order valence-electron chi connectivity index (χ0n) is 16.8. The van der Waals surface area contributed by atoms with E-state index >= 15 is 0 Å². The van der Waals surface area contributed by atoms with Crippen LogP contribution in [-0.2, 0) is 16.1 Å². The van der Waals surface area contributed by atoms with E-state index in [1.807, 2.05) is 51.1 Å². The van der Waals surface area contributed by atoms with Gasteiger partial charge in [0.2, 0.25) is 5.91 Å². The summed E-state index contributed by atoms with van der Waals surface area (Å²) < 4.78 is 5.71. The number of ether oxygens (including phenoxy) is 1. The monoisotopic (exact) mass is 402 g/mol. The van der Waals surface area contributed by atoms with Gasteiger partial charge in [-0.2, -0.15) is 0 Å². The van der Waals surface area contributed by atoms with Crippen LogP contribution in [0.4, 0.5) is 0 Å². The first-order valence-electron chi connectivity index (χ1n) is 9.33. The van der Waals surface area contributed by atoms with Crippen molar-refractivity contribution < 1.29 is 14.3 Å². The van der Waals surface area contributed by atoms with Gasteiger partial charge in [0, 0.05) is 18.1 Å².